The number of nitrogens with one attached hydrogen (secondary N) is 1. The number of hydrogen-bond acceptors (Lipinski definition) is 8. The third kappa shape index (κ3) is 3.90. The Labute approximate surface area is 171 Å². The Balaban J connectivity index is 1.72. The number of hydrogen-bond donors (Lipinski definition) is 2. The van der Waals surface area contributed by atoms with E-state index in [2.05, 4.69) is 30.2 Å². The van der Waals surface area contributed by atoms with Crippen LogP contribution in [0.15, 0.2) is 49.1 Å². The lowest BCUT2D eigenvalue weighted by Gasteiger charge is -2.13. The normalized spacial score (nSPS) is 13.2. The van der Waals surface area contributed by atoms with Gasteiger partial charge in [-0.05, 0) is 30.2 Å². The lowest BCUT2D eigenvalue weighted by Crippen LogP contribution is -2.16. The number of amides is 1. The maximum absolute atomic E-state index is 12.0. The first-order chi connectivity index (χ1) is 14.0. The van der Waals surface area contributed by atoms with Gasteiger partial charge in [0.05, 0.1) is 6.04 Å². The second kappa shape index (κ2) is 7.88. The number of thiazole rings is 1. The summed E-state index contributed by atoms with van der Waals surface area (Å²) in [6.07, 6.45) is 7.01. The number of primary amides is 1. The zero-order chi connectivity index (χ0) is 20.4. The van der Waals surface area contributed by atoms with Gasteiger partial charge >= 0.3 is 0 Å². The number of carbonyl (C=O) groups excluding carboxylic acids is 1. The number of carbonyl (C=O) groups is 1. The SMILES string of the molecule is C[C@@H](c1cccnc1)c1nc2nc(N[C@@H](C)c3cccnc3)nc(C(N)=O)c2s1. The van der Waals surface area contributed by atoms with E-state index in [1.54, 1.807) is 24.8 Å². The van der Waals surface area contributed by atoms with Crippen LogP contribution >= 0.6 is 11.3 Å². The predicted molar refractivity (Wildman–Crippen MR) is 112 cm³/mol. The molecule has 0 radical (unpaired) electrons. The summed E-state index contributed by atoms with van der Waals surface area (Å²) in [6, 6.07) is 7.59. The van der Waals surface area contributed by atoms with Crippen molar-refractivity contribution in [3.63, 3.8) is 0 Å². The topological polar surface area (TPSA) is 120 Å². The zero-order valence-corrected chi connectivity index (χ0v) is 16.7. The largest absolute Gasteiger partial charge is 0.364 e. The molecule has 0 saturated carbocycles. The van der Waals surface area contributed by atoms with E-state index in [4.69, 9.17) is 5.73 Å². The summed E-state index contributed by atoms with van der Waals surface area (Å²) in [7, 11) is 0. The van der Waals surface area contributed by atoms with Gasteiger partial charge in [0.1, 0.15) is 9.71 Å². The molecule has 0 bridgehead atoms. The van der Waals surface area contributed by atoms with E-state index < -0.39 is 5.91 Å². The van der Waals surface area contributed by atoms with E-state index in [0.29, 0.717) is 16.3 Å². The monoisotopic (exact) mass is 405 g/mol. The van der Waals surface area contributed by atoms with Gasteiger partial charge in [-0.2, -0.15) is 4.98 Å². The van der Waals surface area contributed by atoms with Crippen molar-refractivity contribution in [2.24, 2.45) is 5.73 Å². The molecule has 0 saturated heterocycles. The van der Waals surface area contributed by atoms with Gasteiger partial charge in [0.25, 0.3) is 5.91 Å². The van der Waals surface area contributed by atoms with E-state index >= 15 is 0 Å². The highest BCUT2D eigenvalue weighted by Gasteiger charge is 2.21. The highest BCUT2D eigenvalue weighted by molar-refractivity contribution is 7.19. The Kier molecular flexibility index (Phi) is 5.13. The summed E-state index contributed by atoms with van der Waals surface area (Å²) < 4.78 is 0.586. The molecule has 0 unspecified atom stereocenters. The molecule has 1 amide bonds. The van der Waals surface area contributed by atoms with Crippen molar-refractivity contribution < 1.29 is 4.79 Å². The standard InChI is InChI=1S/C20H19N7OS/c1-11(13-5-3-7-22-9-13)19-26-18-16(29-19)15(17(21)28)25-20(27-18)24-12(2)14-6-4-8-23-10-14/h3-12H,1-2H3,(H2,21,28)(H,24,25,27)/t11-,12-/m0/s1. The van der Waals surface area contributed by atoms with E-state index in [9.17, 15) is 4.79 Å². The summed E-state index contributed by atoms with van der Waals surface area (Å²) >= 11 is 1.38. The molecule has 146 valence electrons. The number of nitrogens with two attached hydrogens (primary N) is 1. The average Bonchev–Trinajstić information content (AvgIpc) is 3.17. The van der Waals surface area contributed by atoms with Crippen molar-refractivity contribution in [3.8, 4) is 0 Å². The van der Waals surface area contributed by atoms with Crippen molar-refractivity contribution in [3.05, 3.63) is 70.9 Å². The fourth-order valence-corrected chi connectivity index (χ4v) is 4.02. The summed E-state index contributed by atoms with van der Waals surface area (Å²) in [5, 5.41) is 4.02. The minimum Gasteiger partial charge on any atom is -0.364 e. The second-order valence-electron chi connectivity index (χ2n) is 6.63. The van der Waals surface area contributed by atoms with Crippen molar-refractivity contribution in [1.82, 2.24) is 24.9 Å². The van der Waals surface area contributed by atoms with Crippen LogP contribution in [0.25, 0.3) is 10.3 Å². The molecule has 9 heteroatoms. The molecule has 4 aromatic rings. The maximum atomic E-state index is 12.0. The molecule has 2 atom stereocenters. The quantitative estimate of drug-likeness (QED) is 0.505. The number of nitrogens with zero attached hydrogens (tertiary/aromatic N) is 5. The van der Waals surface area contributed by atoms with Crippen LogP contribution in [0.3, 0.4) is 0 Å². The lowest BCUT2D eigenvalue weighted by molar-refractivity contribution is 0.0997. The van der Waals surface area contributed by atoms with Crippen molar-refractivity contribution >= 4 is 33.5 Å². The van der Waals surface area contributed by atoms with Crippen LogP contribution in [0.2, 0.25) is 0 Å². The highest BCUT2D eigenvalue weighted by Crippen LogP contribution is 2.32. The molecule has 0 spiro atoms. The highest BCUT2D eigenvalue weighted by atomic mass is 32.1. The Hall–Kier alpha value is -3.46. The Morgan fingerprint density at radius 1 is 1.03 bits per heavy atom. The van der Waals surface area contributed by atoms with E-state index in [1.807, 2.05) is 38.1 Å². The summed E-state index contributed by atoms with van der Waals surface area (Å²) in [4.78, 5) is 33.8. The van der Waals surface area contributed by atoms with E-state index in [-0.39, 0.29) is 17.7 Å². The molecule has 0 aliphatic rings. The number of anilines is 1. The van der Waals surface area contributed by atoms with Crippen LogP contribution in [0.5, 0.6) is 0 Å². The first-order valence-corrected chi connectivity index (χ1v) is 9.89. The Morgan fingerprint density at radius 2 is 1.72 bits per heavy atom. The van der Waals surface area contributed by atoms with Gasteiger partial charge in [-0.1, -0.05) is 19.1 Å². The van der Waals surface area contributed by atoms with Crippen molar-refractivity contribution in [2.45, 2.75) is 25.8 Å². The maximum Gasteiger partial charge on any atom is 0.269 e. The molecule has 4 aromatic heterocycles. The average molecular weight is 405 g/mol. The fourth-order valence-electron chi connectivity index (χ4n) is 2.94. The molecule has 0 aromatic carbocycles. The van der Waals surface area contributed by atoms with E-state index in [0.717, 1.165) is 16.1 Å². The van der Waals surface area contributed by atoms with Gasteiger partial charge < -0.3 is 11.1 Å². The van der Waals surface area contributed by atoms with Crippen LogP contribution in [0, 0.1) is 0 Å². The third-order valence-corrected chi connectivity index (χ3v) is 5.82. The molecular formula is C20H19N7OS. The molecule has 4 rings (SSSR count). The van der Waals surface area contributed by atoms with Crippen LogP contribution in [0.1, 0.15) is 52.4 Å². The summed E-state index contributed by atoms with van der Waals surface area (Å²) in [6.45, 7) is 4.00. The number of pyridine rings is 2. The van der Waals surface area contributed by atoms with Crippen LogP contribution in [-0.2, 0) is 0 Å². The van der Waals surface area contributed by atoms with Gasteiger partial charge in [0.15, 0.2) is 11.3 Å². The summed E-state index contributed by atoms with van der Waals surface area (Å²) in [5.74, 6) is -0.304. The lowest BCUT2D eigenvalue weighted by atomic mass is 10.0. The van der Waals surface area contributed by atoms with Crippen LogP contribution in [-0.4, -0.2) is 30.8 Å². The molecular weight excluding hydrogens is 386 g/mol. The molecule has 0 aliphatic carbocycles. The molecule has 0 aliphatic heterocycles. The minimum absolute atomic E-state index is 0.00866. The Bertz CT molecular complexity index is 1150. The number of fused-ring (bicyclic) bond motifs is 1. The second-order valence-corrected chi connectivity index (χ2v) is 7.66. The molecule has 3 N–H and O–H groups in total. The molecule has 0 fully saturated rings. The van der Waals surface area contributed by atoms with Gasteiger partial charge in [-0.15, -0.1) is 11.3 Å². The van der Waals surface area contributed by atoms with Crippen LogP contribution in [0.4, 0.5) is 5.95 Å². The van der Waals surface area contributed by atoms with Crippen molar-refractivity contribution in [1.29, 1.82) is 0 Å². The van der Waals surface area contributed by atoms with Crippen molar-refractivity contribution in [2.75, 3.05) is 5.32 Å². The van der Waals surface area contributed by atoms with Gasteiger partial charge in [0, 0.05) is 30.7 Å². The van der Waals surface area contributed by atoms with Crippen LogP contribution < -0.4 is 11.1 Å². The molecule has 29 heavy (non-hydrogen) atoms. The smallest absolute Gasteiger partial charge is 0.269 e. The first-order valence-electron chi connectivity index (χ1n) is 9.07. The van der Waals surface area contributed by atoms with Gasteiger partial charge in [-0.25, -0.2) is 9.97 Å². The zero-order valence-electron chi connectivity index (χ0n) is 15.9. The molecule has 8 nitrogen and oxygen atoms in total. The van der Waals surface area contributed by atoms with E-state index in [1.165, 1.54) is 11.3 Å². The van der Waals surface area contributed by atoms with Gasteiger partial charge in [-0.3, -0.25) is 14.8 Å². The Morgan fingerprint density at radius 3 is 2.34 bits per heavy atom. The number of rotatable bonds is 6. The fraction of sp³-hybridized carbons (Fsp3) is 0.200. The minimum atomic E-state index is -0.612. The third-order valence-electron chi connectivity index (χ3n) is 4.59. The number of aromatic nitrogens is 5. The van der Waals surface area contributed by atoms with Gasteiger partial charge in [0.2, 0.25) is 5.95 Å². The summed E-state index contributed by atoms with van der Waals surface area (Å²) in [5.41, 5.74) is 8.21. The molecule has 4 heterocycles. The predicted octanol–water partition coefficient (Wildman–Crippen LogP) is 3.30. The first kappa shape index (κ1) is 18.9.